The minimum atomic E-state index is -0.706. The number of aliphatic hydroxyl groups is 1. The highest BCUT2D eigenvalue weighted by molar-refractivity contribution is 5.86. The van der Waals surface area contributed by atoms with Gasteiger partial charge in [-0.05, 0) is 32.8 Å². The van der Waals surface area contributed by atoms with Crippen molar-refractivity contribution in [3.8, 4) is 0 Å². The van der Waals surface area contributed by atoms with Crippen LogP contribution >= 0.6 is 0 Å². The molecule has 0 saturated carbocycles. The Balaban J connectivity index is 1.90. The van der Waals surface area contributed by atoms with E-state index in [1.54, 1.807) is 20.8 Å². The number of aliphatic hydroxyl groups excluding tert-OH is 1. The molecule has 2 atom stereocenters. The first kappa shape index (κ1) is 18.3. The standard InChI is InChI=1S/C18H26N2O4/c1-18(2,3)24-17(23)20-12-14(21)11-15(20)16(22)19-10-9-13-7-5-4-6-8-13/h4-8,14-15,21H,9-12H2,1-3H3,(H,19,22)/t14-,15-/m0/s1. The molecule has 0 bridgehead atoms. The quantitative estimate of drug-likeness (QED) is 0.879. The summed E-state index contributed by atoms with van der Waals surface area (Å²) in [6, 6.07) is 9.16. The van der Waals surface area contributed by atoms with Crippen molar-refractivity contribution in [1.29, 1.82) is 0 Å². The molecule has 1 saturated heterocycles. The molecule has 0 aromatic heterocycles. The molecule has 1 heterocycles. The van der Waals surface area contributed by atoms with Crippen LogP contribution in [0.5, 0.6) is 0 Å². The van der Waals surface area contributed by atoms with E-state index >= 15 is 0 Å². The third kappa shape index (κ3) is 5.23. The van der Waals surface area contributed by atoms with Gasteiger partial charge in [0.1, 0.15) is 11.6 Å². The Bertz CT molecular complexity index is 568. The van der Waals surface area contributed by atoms with E-state index in [1.807, 2.05) is 30.3 Å². The highest BCUT2D eigenvalue weighted by Gasteiger charge is 2.40. The van der Waals surface area contributed by atoms with Crippen LogP contribution in [-0.2, 0) is 16.0 Å². The molecule has 2 amide bonds. The molecule has 1 aliphatic rings. The largest absolute Gasteiger partial charge is 0.444 e. The molecule has 1 aromatic rings. The maximum absolute atomic E-state index is 12.4. The minimum absolute atomic E-state index is 0.117. The Labute approximate surface area is 142 Å². The zero-order valence-electron chi connectivity index (χ0n) is 14.5. The fourth-order valence-corrected chi connectivity index (χ4v) is 2.68. The third-order valence-corrected chi connectivity index (χ3v) is 3.77. The molecular formula is C18H26N2O4. The van der Waals surface area contributed by atoms with Crippen LogP contribution in [-0.4, -0.2) is 52.8 Å². The van der Waals surface area contributed by atoms with Gasteiger partial charge < -0.3 is 15.2 Å². The van der Waals surface area contributed by atoms with Gasteiger partial charge in [0, 0.05) is 13.0 Å². The average Bonchev–Trinajstić information content (AvgIpc) is 2.89. The van der Waals surface area contributed by atoms with Crippen LogP contribution < -0.4 is 5.32 Å². The van der Waals surface area contributed by atoms with Gasteiger partial charge in [-0.1, -0.05) is 30.3 Å². The fraction of sp³-hybridized carbons (Fsp3) is 0.556. The number of hydrogen-bond donors (Lipinski definition) is 2. The average molecular weight is 334 g/mol. The van der Waals surface area contributed by atoms with Crippen molar-refractivity contribution in [2.75, 3.05) is 13.1 Å². The summed E-state index contributed by atoms with van der Waals surface area (Å²) in [6.45, 7) is 5.91. The molecule has 0 unspecified atom stereocenters. The highest BCUT2D eigenvalue weighted by Crippen LogP contribution is 2.21. The summed E-state index contributed by atoms with van der Waals surface area (Å²) in [6.07, 6.45) is -0.324. The normalized spacial score (nSPS) is 20.8. The molecule has 1 fully saturated rings. The first-order valence-corrected chi connectivity index (χ1v) is 8.25. The molecule has 0 aliphatic carbocycles. The Morgan fingerprint density at radius 1 is 1.29 bits per heavy atom. The number of likely N-dealkylation sites (tertiary alicyclic amines) is 1. The predicted octanol–water partition coefficient (Wildman–Crippen LogP) is 1.72. The zero-order valence-corrected chi connectivity index (χ0v) is 14.5. The van der Waals surface area contributed by atoms with Crippen LogP contribution in [0.4, 0.5) is 4.79 Å². The lowest BCUT2D eigenvalue weighted by molar-refractivity contribution is -0.125. The lowest BCUT2D eigenvalue weighted by atomic mass is 10.1. The lowest BCUT2D eigenvalue weighted by Crippen LogP contribution is -2.47. The number of nitrogens with zero attached hydrogens (tertiary/aromatic N) is 1. The fourth-order valence-electron chi connectivity index (χ4n) is 2.68. The second-order valence-electron chi connectivity index (χ2n) is 7.06. The number of hydrogen-bond acceptors (Lipinski definition) is 4. The SMILES string of the molecule is CC(C)(C)OC(=O)N1C[C@@H](O)C[C@H]1C(=O)NCCc1ccccc1. The first-order chi connectivity index (χ1) is 11.3. The number of nitrogens with one attached hydrogen (secondary N) is 1. The van der Waals surface area contributed by atoms with E-state index in [-0.39, 0.29) is 18.9 Å². The Kier molecular flexibility index (Phi) is 5.83. The number of amides is 2. The van der Waals surface area contributed by atoms with Crippen LogP contribution in [0.2, 0.25) is 0 Å². The summed E-state index contributed by atoms with van der Waals surface area (Å²) < 4.78 is 5.32. The van der Waals surface area contributed by atoms with Crippen molar-refractivity contribution in [1.82, 2.24) is 10.2 Å². The number of carbonyl (C=O) groups is 2. The van der Waals surface area contributed by atoms with Crippen molar-refractivity contribution >= 4 is 12.0 Å². The van der Waals surface area contributed by atoms with E-state index in [2.05, 4.69) is 5.32 Å². The van der Waals surface area contributed by atoms with E-state index in [9.17, 15) is 14.7 Å². The second kappa shape index (κ2) is 7.66. The molecule has 24 heavy (non-hydrogen) atoms. The second-order valence-corrected chi connectivity index (χ2v) is 7.06. The maximum atomic E-state index is 12.4. The number of benzene rings is 1. The summed E-state index contributed by atoms with van der Waals surface area (Å²) in [7, 11) is 0. The van der Waals surface area contributed by atoms with Crippen LogP contribution in [0.15, 0.2) is 30.3 Å². The van der Waals surface area contributed by atoms with Gasteiger partial charge in [0.15, 0.2) is 0 Å². The summed E-state index contributed by atoms with van der Waals surface area (Å²) in [4.78, 5) is 25.9. The highest BCUT2D eigenvalue weighted by atomic mass is 16.6. The smallest absolute Gasteiger partial charge is 0.411 e. The Hall–Kier alpha value is -2.08. The van der Waals surface area contributed by atoms with Crippen molar-refractivity contribution < 1.29 is 19.4 Å². The number of carbonyl (C=O) groups excluding carboxylic acids is 2. The number of ether oxygens (including phenoxy) is 1. The molecule has 132 valence electrons. The number of β-amino-alcohol motifs (C(OH)–C–C–N with tert-alkyl or cyclic N) is 1. The van der Waals surface area contributed by atoms with Gasteiger partial charge in [-0.2, -0.15) is 0 Å². The zero-order chi connectivity index (χ0) is 17.7. The van der Waals surface area contributed by atoms with E-state index < -0.39 is 23.8 Å². The van der Waals surface area contributed by atoms with E-state index in [0.717, 1.165) is 5.56 Å². The van der Waals surface area contributed by atoms with Crippen LogP contribution in [0, 0.1) is 0 Å². The van der Waals surface area contributed by atoms with Crippen molar-refractivity contribution in [2.45, 2.75) is 51.4 Å². The molecule has 6 heteroatoms. The van der Waals surface area contributed by atoms with Crippen molar-refractivity contribution in [2.24, 2.45) is 0 Å². The van der Waals surface area contributed by atoms with Gasteiger partial charge >= 0.3 is 6.09 Å². The Morgan fingerprint density at radius 2 is 1.96 bits per heavy atom. The summed E-state index contributed by atoms with van der Waals surface area (Å²) in [5, 5.41) is 12.7. The van der Waals surface area contributed by atoms with Gasteiger partial charge in [0.2, 0.25) is 5.91 Å². The molecule has 1 aromatic carbocycles. The van der Waals surface area contributed by atoms with Gasteiger partial charge in [-0.25, -0.2) is 4.79 Å². The van der Waals surface area contributed by atoms with Crippen LogP contribution in [0.25, 0.3) is 0 Å². The molecule has 2 rings (SSSR count). The molecular weight excluding hydrogens is 308 g/mol. The summed E-state index contributed by atoms with van der Waals surface area (Å²) in [5.41, 5.74) is 0.493. The summed E-state index contributed by atoms with van der Waals surface area (Å²) >= 11 is 0. The van der Waals surface area contributed by atoms with Crippen LogP contribution in [0.3, 0.4) is 0 Å². The topological polar surface area (TPSA) is 78.9 Å². The van der Waals surface area contributed by atoms with Gasteiger partial charge in [0.05, 0.1) is 12.6 Å². The van der Waals surface area contributed by atoms with Crippen LogP contribution in [0.1, 0.15) is 32.8 Å². The lowest BCUT2D eigenvalue weighted by Gasteiger charge is -2.27. The molecule has 0 radical (unpaired) electrons. The maximum Gasteiger partial charge on any atom is 0.411 e. The predicted molar refractivity (Wildman–Crippen MR) is 90.5 cm³/mol. The van der Waals surface area contributed by atoms with Gasteiger partial charge in [0.25, 0.3) is 0 Å². The Morgan fingerprint density at radius 3 is 2.58 bits per heavy atom. The van der Waals surface area contributed by atoms with Gasteiger partial charge in [-0.15, -0.1) is 0 Å². The van der Waals surface area contributed by atoms with Crippen molar-refractivity contribution in [3.63, 3.8) is 0 Å². The van der Waals surface area contributed by atoms with Gasteiger partial charge in [-0.3, -0.25) is 9.69 Å². The monoisotopic (exact) mass is 334 g/mol. The molecule has 6 nitrogen and oxygen atoms in total. The molecule has 1 aliphatic heterocycles. The van der Waals surface area contributed by atoms with E-state index in [4.69, 9.17) is 4.74 Å². The molecule has 2 N–H and O–H groups in total. The number of rotatable bonds is 4. The van der Waals surface area contributed by atoms with E-state index in [1.165, 1.54) is 4.90 Å². The molecule has 0 spiro atoms. The summed E-state index contributed by atoms with van der Waals surface area (Å²) in [5.74, 6) is -0.256. The minimum Gasteiger partial charge on any atom is -0.444 e. The first-order valence-electron chi connectivity index (χ1n) is 8.25. The van der Waals surface area contributed by atoms with E-state index in [0.29, 0.717) is 13.0 Å². The third-order valence-electron chi connectivity index (χ3n) is 3.77. The van der Waals surface area contributed by atoms with Crippen molar-refractivity contribution in [3.05, 3.63) is 35.9 Å².